The zero-order chi connectivity index (χ0) is 16.7. The van der Waals surface area contributed by atoms with Crippen LogP contribution in [0.1, 0.15) is 18.1 Å². The molecule has 3 N–H and O–H groups in total. The molecule has 0 unspecified atom stereocenters. The van der Waals surface area contributed by atoms with Gasteiger partial charge in [-0.15, -0.1) is 0 Å². The lowest BCUT2D eigenvalue weighted by atomic mass is 10.2. The highest BCUT2D eigenvalue weighted by Gasteiger charge is 2.07. The first-order valence-electron chi connectivity index (χ1n) is 7.62. The van der Waals surface area contributed by atoms with E-state index in [4.69, 9.17) is 4.74 Å². The van der Waals surface area contributed by atoms with Gasteiger partial charge in [-0.1, -0.05) is 12.1 Å². The molecule has 0 atom stereocenters. The molecule has 6 nitrogen and oxygen atoms in total. The number of aryl methyl sites for hydroxylation is 1. The quantitative estimate of drug-likeness (QED) is 0.563. The molecule has 2 rings (SSSR count). The summed E-state index contributed by atoms with van der Waals surface area (Å²) in [7, 11) is 3.53. The van der Waals surface area contributed by atoms with Crippen LogP contribution in [-0.4, -0.2) is 29.3 Å². The number of ether oxygens (including phenoxy) is 1. The predicted molar refractivity (Wildman–Crippen MR) is 91.7 cm³/mol. The van der Waals surface area contributed by atoms with E-state index in [9.17, 15) is 5.11 Å². The Morgan fingerprint density at radius 3 is 2.78 bits per heavy atom. The number of hydrogen-bond acceptors (Lipinski definition) is 3. The number of para-hydroxylation sites is 1. The minimum absolute atomic E-state index is 0.154. The largest absolute Gasteiger partial charge is 0.504 e. The first kappa shape index (κ1) is 16.7. The van der Waals surface area contributed by atoms with Crippen LogP contribution in [0.4, 0.5) is 0 Å². The number of benzene rings is 1. The highest BCUT2D eigenvalue weighted by atomic mass is 16.5. The molecule has 0 fully saturated rings. The Morgan fingerprint density at radius 2 is 2.13 bits per heavy atom. The van der Waals surface area contributed by atoms with E-state index in [1.807, 2.05) is 49.1 Å². The van der Waals surface area contributed by atoms with Crippen molar-refractivity contribution in [1.82, 2.24) is 15.2 Å². The third-order valence-corrected chi connectivity index (χ3v) is 3.41. The van der Waals surface area contributed by atoms with E-state index in [2.05, 4.69) is 15.6 Å². The summed E-state index contributed by atoms with van der Waals surface area (Å²) >= 11 is 0. The molecule has 0 spiro atoms. The maximum absolute atomic E-state index is 10.1. The summed E-state index contributed by atoms with van der Waals surface area (Å²) in [5, 5.41) is 16.5. The lowest BCUT2D eigenvalue weighted by Crippen LogP contribution is -2.36. The number of rotatable bonds is 6. The highest BCUT2D eigenvalue weighted by molar-refractivity contribution is 5.79. The van der Waals surface area contributed by atoms with Crippen molar-refractivity contribution < 1.29 is 9.84 Å². The molecule has 0 aliphatic heterocycles. The van der Waals surface area contributed by atoms with Gasteiger partial charge in [-0.05, 0) is 24.6 Å². The minimum Gasteiger partial charge on any atom is -0.504 e. The summed E-state index contributed by atoms with van der Waals surface area (Å²) in [4.78, 5) is 4.55. The molecule has 0 bridgehead atoms. The van der Waals surface area contributed by atoms with Gasteiger partial charge >= 0.3 is 0 Å². The topological polar surface area (TPSA) is 70.8 Å². The van der Waals surface area contributed by atoms with Gasteiger partial charge in [0, 0.05) is 38.1 Å². The fraction of sp³-hybridized carbons (Fsp3) is 0.353. The van der Waals surface area contributed by atoms with E-state index in [0.717, 1.165) is 17.7 Å². The zero-order valence-electron chi connectivity index (χ0n) is 13.8. The Labute approximate surface area is 136 Å². The lowest BCUT2D eigenvalue weighted by molar-refractivity contribution is 0.370. The monoisotopic (exact) mass is 316 g/mol. The van der Waals surface area contributed by atoms with Crippen LogP contribution in [-0.2, 0) is 20.1 Å². The fourth-order valence-electron chi connectivity index (χ4n) is 2.22. The van der Waals surface area contributed by atoms with Gasteiger partial charge < -0.3 is 25.0 Å². The molecule has 0 saturated heterocycles. The van der Waals surface area contributed by atoms with Crippen LogP contribution in [0.15, 0.2) is 41.7 Å². The maximum atomic E-state index is 10.1. The van der Waals surface area contributed by atoms with Crippen molar-refractivity contribution in [2.45, 2.75) is 20.0 Å². The Hall–Kier alpha value is -2.63. The van der Waals surface area contributed by atoms with Gasteiger partial charge in [0.25, 0.3) is 0 Å². The molecule has 0 aliphatic rings. The first-order chi connectivity index (χ1) is 11.1. The maximum Gasteiger partial charge on any atom is 0.191 e. The highest BCUT2D eigenvalue weighted by Crippen LogP contribution is 2.28. The number of methoxy groups -OCH3 is 1. The molecule has 1 heterocycles. The molecule has 0 aliphatic carbocycles. The Balaban J connectivity index is 2.02. The number of hydrogen-bond donors (Lipinski definition) is 3. The summed E-state index contributed by atoms with van der Waals surface area (Å²) in [5.41, 5.74) is 1.91. The number of aliphatic imine (C=N–C) groups is 1. The number of phenols is 1. The molecular formula is C17H24N4O2. The van der Waals surface area contributed by atoms with Gasteiger partial charge in [0.1, 0.15) is 0 Å². The van der Waals surface area contributed by atoms with Crippen LogP contribution in [0.3, 0.4) is 0 Å². The predicted octanol–water partition coefficient (Wildman–Crippen LogP) is 1.99. The lowest BCUT2D eigenvalue weighted by Gasteiger charge is -2.13. The number of phenolic OH excluding ortho intramolecular Hbond substituents is 1. The van der Waals surface area contributed by atoms with Gasteiger partial charge in [-0.2, -0.15) is 0 Å². The van der Waals surface area contributed by atoms with Crippen molar-refractivity contribution in [2.24, 2.45) is 12.0 Å². The molecule has 0 saturated carbocycles. The van der Waals surface area contributed by atoms with Crippen molar-refractivity contribution in [3.63, 3.8) is 0 Å². The molecule has 0 radical (unpaired) electrons. The van der Waals surface area contributed by atoms with Crippen LogP contribution in [0, 0.1) is 0 Å². The van der Waals surface area contributed by atoms with Gasteiger partial charge in [-0.3, -0.25) is 0 Å². The van der Waals surface area contributed by atoms with Crippen molar-refractivity contribution in [3.8, 4) is 11.5 Å². The number of guanidine groups is 1. The average Bonchev–Trinajstić information content (AvgIpc) is 2.96. The van der Waals surface area contributed by atoms with E-state index in [1.165, 1.54) is 7.11 Å². The van der Waals surface area contributed by atoms with Crippen LogP contribution in [0.25, 0.3) is 0 Å². The summed E-state index contributed by atoms with van der Waals surface area (Å²) < 4.78 is 7.12. The molecule has 124 valence electrons. The van der Waals surface area contributed by atoms with Gasteiger partial charge in [0.05, 0.1) is 13.7 Å². The second-order valence-electron chi connectivity index (χ2n) is 5.20. The third-order valence-electron chi connectivity index (χ3n) is 3.41. The average molecular weight is 316 g/mol. The van der Waals surface area contributed by atoms with Gasteiger partial charge in [0.15, 0.2) is 17.5 Å². The standard InChI is InChI=1S/C17H24N4O2/c1-4-18-17(19-10-13-8-9-21(2)12-13)20-11-14-6-5-7-15(23-3)16(14)22/h5-9,12,22H,4,10-11H2,1-3H3,(H2,18,19,20). The van der Waals surface area contributed by atoms with E-state index >= 15 is 0 Å². The SMILES string of the molecule is CCNC(=NCc1ccn(C)c1)NCc1cccc(OC)c1O. The molecule has 1 aromatic carbocycles. The van der Waals surface area contributed by atoms with Gasteiger partial charge in [0.2, 0.25) is 0 Å². The summed E-state index contributed by atoms with van der Waals surface area (Å²) in [6.07, 6.45) is 4.04. The summed E-state index contributed by atoms with van der Waals surface area (Å²) in [6.45, 7) is 3.84. The number of nitrogens with zero attached hydrogens (tertiary/aromatic N) is 2. The minimum atomic E-state index is 0.154. The van der Waals surface area contributed by atoms with E-state index in [0.29, 0.717) is 24.8 Å². The zero-order valence-corrected chi connectivity index (χ0v) is 13.8. The molecule has 0 amide bonds. The molecule has 1 aromatic heterocycles. The number of aromatic nitrogens is 1. The van der Waals surface area contributed by atoms with Crippen molar-refractivity contribution in [3.05, 3.63) is 47.8 Å². The number of aromatic hydroxyl groups is 1. The van der Waals surface area contributed by atoms with Crippen LogP contribution in [0.2, 0.25) is 0 Å². The molecule has 23 heavy (non-hydrogen) atoms. The smallest absolute Gasteiger partial charge is 0.191 e. The molecular weight excluding hydrogens is 292 g/mol. The van der Waals surface area contributed by atoms with Crippen LogP contribution >= 0.6 is 0 Å². The molecule has 2 aromatic rings. The molecule has 6 heteroatoms. The third kappa shape index (κ3) is 4.67. The summed E-state index contributed by atoms with van der Waals surface area (Å²) in [6, 6.07) is 7.48. The van der Waals surface area contributed by atoms with E-state index < -0.39 is 0 Å². The van der Waals surface area contributed by atoms with Gasteiger partial charge in [-0.25, -0.2) is 4.99 Å². The van der Waals surface area contributed by atoms with E-state index in [1.54, 1.807) is 6.07 Å². The Kier molecular flexibility index (Phi) is 5.91. The fourth-order valence-corrected chi connectivity index (χ4v) is 2.22. The normalized spacial score (nSPS) is 11.3. The van der Waals surface area contributed by atoms with Crippen LogP contribution < -0.4 is 15.4 Å². The van der Waals surface area contributed by atoms with E-state index in [-0.39, 0.29) is 5.75 Å². The first-order valence-corrected chi connectivity index (χ1v) is 7.62. The van der Waals surface area contributed by atoms with Crippen molar-refractivity contribution >= 4 is 5.96 Å². The number of nitrogens with one attached hydrogen (secondary N) is 2. The summed E-state index contributed by atoms with van der Waals surface area (Å²) in [5.74, 6) is 1.33. The second-order valence-corrected chi connectivity index (χ2v) is 5.20. The van der Waals surface area contributed by atoms with Crippen molar-refractivity contribution in [2.75, 3.05) is 13.7 Å². The second kappa shape index (κ2) is 8.12. The Morgan fingerprint density at radius 1 is 1.30 bits per heavy atom. The Bertz CT molecular complexity index is 664. The van der Waals surface area contributed by atoms with Crippen LogP contribution in [0.5, 0.6) is 11.5 Å². The van der Waals surface area contributed by atoms with Crippen molar-refractivity contribution in [1.29, 1.82) is 0 Å².